The van der Waals surface area contributed by atoms with E-state index in [4.69, 9.17) is 44.8 Å². The molecule has 1 saturated heterocycles. The second kappa shape index (κ2) is 22.9. The van der Waals surface area contributed by atoms with Gasteiger partial charge in [0.1, 0.15) is 48.6 Å². The van der Waals surface area contributed by atoms with Gasteiger partial charge in [0.15, 0.2) is 0 Å². The molecule has 6 aromatic rings. The molecule has 1 aliphatic rings. The number of ether oxygens (including phenoxy) is 7. The van der Waals surface area contributed by atoms with Crippen LogP contribution in [0.1, 0.15) is 52.0 Å². The molecule has 1 heterocycles. The lowest BCUT2D eigenvalue weighted by atomic mass is 9.88. The Kier molecular flexibility index (Phi) is 16.6. The third kappa shape index (κ3) is 12.2. The Hall–Kier alpha value is -4.77. The van der Waals surface area contributed by atoms with Gasteiger partial charge in [-0.25, -0.2) is 0 Å². The lowest BCUT2D eigenvalue weighted by molar-refractivity contribution is -0.275. The first-order valence-corrected chi connectivity index (χ1v) is 21.9. The quantitative estimate of drug-likeness (QED) is 0.0667. The molecule has 0 spiro atoms. The zero-order valence-electron chi connectivity index (χ0n) is 34.4. The molecule has 6 aromatic carbocycles. The highest BCUT2D eigenvalue weighted by atomic mass is 79.9. The molecule has 5 atom stereocenters. The van der Waals surface area contributed by atoms with Crippen LogP contribution in [0.15, 0.2) is 169 Å². The van der Waals surface area contributed by atoms with E-state index < -0.39 is 30.5 Å². The summed E-state index contributed by atoms with van der Waals surface area (Å²) >= 11 is 11.1. The van der Waals surface area contributed by atoms with Crippen molar-refractivity contribution in [3.8, 4) is 11.5 Å². The van der Waals surface area contributed by atoms with Crippen molar-refractivity contribution in [2.75, 3.05) is 19.8 Å². The number of hydrogen-bond acceptors (Lipinski definition) is 7. The van der Waals surface area contributed by atoms with E-state index >= 15 is 0 Å². The molecule has 1 unspecified atom stereocenters. The Morgan fingerprint density at radius 1 is 0.623 bits per heavy atom. The van der Waals surface area contributed by atoms with Gasteiger partial charge < -0.3 is 33.2 Å². The van der Waals surface area contributed by atoms with Crippen LogP contribution in [0.5, 0.6) is 11.5 Å². The lowest BCUT2D eigenvalue weighted by Gasteiger charge is -2.47. The Balaban J connectivity index is 1.33. The summed E-state index contributed by atoms with van der Waals surface area (Å²) in [6, 6.07) is 50.6. The molecule has 0 bridgehead atoms. The van der Waals surface area contributed by atoms with Crippen LogP contribution in [0.4, 0.5) is 0 Å². The summed E-state index contributed by atoms with van der Waals surface area (Å²) in [5, 5.41) is 0.540. The van der Waals surface area contributed by atoms with E-state index in [-0.39, 0.29) is 13.2 Å². The lowest BCUT2D eigenvalue weighted by Crippen LogP contribution is -2.58. The molecule has 316 valence electrons. The molecule has 0 aliphatic carbocycles. The van der Waals surface area contributed by atoms with Gasteiger partial charge in [0, 0.05) is 5.56 Å². The number of hydrogen-bond donors (Lipinski definition) is 0. The summed E-state index contributed by atoms with van der Waals surface area (Å²) in [5.74, 6) is 1.35. The van der Waals surface area contributed by atoms with Gasteiger partial charge in [-0.3, -0.25) is 0 Å². The fourth-order valence-electron chi connectivity index (χ4n) is 7.44. The SMILES string of the molecule is C=CCOc1c(C2O[C@H](COCc3ccccc3)[C@@H](OCc3ccccc3)[C@H](OCc3ccccc3)[C@H]2OCc2ccccc2)cc(Cc2ccc(OCC)cc2)c(Cl)c1Br. The first-order chi connectivity index (χ1) is 30.0. The van der Waals surface area contributed by atoms with Gasteiger partial charge in [0.25, 0.3) is 0 Å². The molecule has 0 N–H and O–H groups in total. The van der Waals surface area contributed by atoms with E-state index in [1.165, 1.54) is 0 Å². The topological polar surface area (TPSA) is 64.6 Å². The van der Waals surface area contributed by atoms with Crippen LogP contribution in [-0.4, -0.2) is 44.2 Å². The minimum atomic E-state index is -0.723. The standard InChI is InChI=1S/C52H52BrClO7/c1-3-29-57-48-44(31-42(47(54)46(48)53)30-37-25-27-43(28-26-37)56-4-2)49-51(59-34-40-21-13-7-14-22-40)52(60-35-41-23-15-8-16-24-41)50(58-33-39-19-11-6-12-20-39)45(61-49)36-55-32-38-17-9-5-10-18-38/h3,5-28,31,45,49-52H,1,4,29-30,32-36H2,2H3/t45-,49?,50-,51+,52+/m1/s1. The predicted molar refractivity (Wildman–Crippen MR) is 244 cm³/mol. The van der Waals surface area contributed by atoms with E-state index in [0.717, 1.165) is 44.7 Å². The van der Waals surface area contributed by atoms with Crippen molar-refractivity contribution in [2.45, 2.75) is 70.3 Å². The van der Waals surface area contributed by atoms with Gasteiger partial charge in [-0.2, -0.15) is 0 Å². The number of rotatable bonds is 21. The highest BCUT2D eigenvalue weighted by Crippen LogP contribution is 2.47. The molecular weight excluding hydrogens is 852 g/mol. The van der Waals surface area contributed by atoms with Gasteiger partial charge in [-0.15, -0.1) is 0 Å². The summed E-state index contributed by atoms with van der Waals surface area (Å²) < 4.78 is 47.6. The van der Waals surface area contributed by atoms with E-state index in [2.05, 4.69) is 77.1 Å². The van der Waals surface area contributed by atoms with Crippen LogP contribution < -0.4 is 9.47 Å². The number of halogens is 2. The Morgan fingerprint density at radius 2 is 1.13 bits per heavy atom. The maximum absolute atomic E-state index is 7.32. The van der Waals surface area contributed by atoms with Gasteiger partial charge in [0.05, 0.1) is 49.1 Å². The molecule has 7 nitrogen and oxygen atoms in total. The molecule has 61 heavy (non-hydrogen) atoms. The monoisotopic (exact) mass is 902 g/mol. The van der Waals surface area contributed by atoms with Crippen LogP contribution in [0.3, 0.4) is 0 Å². The minimum Gasteiger partial charge on any atom is -0.494 e. The maximum atomic E-state index is 7.32. The molecular formula is C52H52BrClO7. The van der Waals surface area contributed by atoms with E-state index in [1.54, 1.807) is 6.08 Å². The van der Waals surface area contributed by atoms with Crippen molar-refractivity contribution in [3.05, 3.63) is 213 Å². The molecule has 0 aromatic heterocycles. The smallest absolute Gasteiger partial charge is 0.141 e. The average molecular weight is 904 g/mol. The summed E-state index contributed by atoms with van der Waals surface area (Å²) in [4.78, 5) is 0. The Morgan fingerprint density at radius 3 is 1.66 bits per heavy atom. The van der Waals surface area contributed by atoms with E-state index in [0.29, 0.717) is 54.7 Å². The van der Waals surface area contributed by atoms with Gasteiger partial charge >= 0.3 is 0 Å². The molecule has 0 saturated carbocycles. The normalized spacial score (nSPS) is 18.7. The largest absolute Gasteiger partial charge is 0.494 e. The molecule has 1 fully saturated rings. The molecule has 9 heteroatoms. The fourth-order valence-corrected chi connectivity index (χ4v) is 8.25. The molecule has 1 aliphatic heterocycles. The first kappa shape index (κ1) is 44.3. The van der Waals surface area contributed by atoms with Crippen molar-refractivity contribution >= 4 is 27.5 Å². The van der Waals surface area contributed by atoms with Crippen LogP contribution in [-0.2, 0) is 56.5 Å². The van der Waals surface area contributed by atoms with Crippen molar-refractivity contribution in [1.82, 2.24) is 0 Å². The molecule has 0 radical (unpaired) electrons. The van der Waals surface area contributed by atoms with Gasteiger partial charge in [-0.05, 0) is 80.9 Å². The fraction of sp³-hybridized carbons (Fsp3) is 0.269. The van der Waals surface area contributed by atoms with Crippen LogP contribution in [0, 0.1) is 0 Å². The van der Waals surface area contributed by atoms with E-state index in [1.807, 2.05) is 104 Å². The highest BCUT2D eigenvalue weighted by Gasteiger charge is 2.50. The van der Waals surface area contributed by atoms with Crippen molar-refractivity contribution < 1.29 is 33.2 Å². The van der Waals surface area contributed by atoms with E-state index in [9.17, 15) is 0 Å². The van der Waals surface area contributed by atoms with Crippen molar-refractivity contribution in [3.63, 3.8) is 0 Å². The summed E-state index contributed by atoms with van der Waals surface area (Å²) in [5.41, 5.74) is 6.80. The van der Waals surface area contributed by atoms with Crippen LogP contribution in [0.25, 0.3) is 0 Å². The van der Waals surface area contributed by atoms with Gasteiger partial charge in [0.2, 0.25) is 0 Å². The number of benzene rings is 6. The highest BCUT2D eigenvalue weighted by molar-refractivity contribution is 9.10. The zero-order chi connectivity index (χ0) is 42.2. The minimum absolute atomic E-state index is 0.220. The molecule has 0 amide bonds. The molecule has 7 rings (SSSR count). The second-order valence-corrected chi connectivity index (χ2v) is 16.0. The van der Waals surface area contributed by atoms with Crippen LogP contribution >= 0.6 is 27.5 Å². The van der Waals surface area contributed by atoms with Crippen LogP contribution in [0.2, 0.25) is 5.02 Å². The summed E-state index contributed by atoms with van der Waals surface area (Å²) in [7, 11) is 0. The first-order valence-electron chi connectivity index (χ1n) is 20.7. The van der Waals surface area contributed by atoms with Crippen molar-refractivity contribution in [1.29, 1.82) is 0 Å². The Labute approximate surface area is 373 Å². The second-order valence-electron chi connectivity index (χ2n) is 14.8. The average Bonchev–Trinajstić information content (AvgIpc) is 3.30. The summed E-state index contributed by atoms with van der Waals surface area (Å²) in [6.07, 6.45) is -0.984. The van der Waals surface area contributed by atoms with Crippen molar-refractivity contribution in [2.24, 2.45) is 0 Å². The third-order valence-electron chi connectivity index (χ3n) is 10.4. The maximum Gasteiger partial charge on any atom is 0.141 e. The third-order valence-corrected chi connectivity index (χ3v) is 11.8. The zero-order valence-corrected chi connectivity index (χ0v) is 36.7. The Bertz CT molecular complexity index is 2230. The van der Waals surface area contributed by atoms with Gasteiger partial charge in [-0.1, -0.05) is 158 Å². The summed E-state index contributed by atoms with van der Waals surface area (Å²) in [6.45, 7) is 8.31. The predicted octanol–water partition coefficient (Wildman–Crippen LogP) is 12.1.